The van der Waals surface area contributed by atoms with Gasteiger partial charge in [-0.15, -0.1) is 0 Å². The van der Waals surface area contributed by atoms with E-state index in [0.717, 1.165) is 23.8 Å². The summed E-state index contributed by atoms with van der Waals surface area (Å²) in [6, 6.07) is 12.6. The summed E-state index contributed by atoms with van der Waals surface area (Å²) in [6.45, 7) is 3.75. The van der Waals surface area contributed by atoms with Crippen LogP contribution in [0.1, 0.15) is 31.4 Å². The maximum atomic E-state index is 2.77. The number of hydrogen-bond donors (Lipinski definition) is 0. The van der Waals surface area contributed by atoms with Crippen LogP contribution in [-0.4, -0.2) is 17.5 Å². The van der Waals surface area contributed by atoms with E-state index in [1.807, 2.05) is 0 Å². The summed E-state index contributed by atoms with van der Waals surface area (Å²) in [7, 11) is 0. The Morgan fingerprint density at radius 1 is 1.12 bits per heavy atom. The van der Waals surface area contributed by atoms with Crippen LogP contribution in [0.2, 0.25) is 0 Å². The molecule has 0 amide bonds. The predicted octanol–water partition coefficient (Wildman–Crippen LogP) is 3.09. The topological polar surface area (TPSA) is 3.24 Å². The Balaban J connectivity index is 1.58. The van der Waals surface area contributed by atoms with Crippen LogP contribution in [0, 0.1) is 17.8 Å². The highest BCUT2D eigenvalue weighted by Crippen LogP contribution is 2.61. The molecule has 0 aromatic heterocycles. The fraction of sp³-hybridized carbons (Fsp3) is 0.600. The average Bonchev–Trinajstić information content (AvgIpc) is 2.46. The molecule has 16 heavy (non-hydrogen) atoms. The first-order valence-corrected chi connectivity index (χ1v) is 6.65. The number of rotatable bonds is 2. The van der Waals surface area contributed by atoms with Gasteiger partial charge in [-0.2, -0.15) is 0 Å². The molecule has 0 bridgehead atoms. The Morgan fingerprint density at radius 2 is 1.94 bits per heavy atom. The van der Waals surface area contributed by atoms with Crippen molar-refractivity contribution < 1.29 is 0 Å². The zero-order valence-electron chi connectivity index (χ0n) is 9.84. The lowest BCUT2D eigenvalue weighted by Crippen LogP contribution is -2.52. The molecule has 0 N–H and O–H groups in total. The molecule has 1 heterocycles. The first kappa shape index (κ1) is 9.23. The van der Waals surface area contributed by atoms with Crippen molar-refractivity contribution in [1.82, 2.24) is 4.90 Å². The second-order valence-electron chi connectivity index (χ2n) is 5.92. The third-order valence-corrected chi connectivity index (χ3v) is 5.33. The molecular weight excluding hydrogens is 194 g/mol. The van der Waals surface area contributed by atoms with Gasteiger partial charge in [-0.05, 0) is 43.1 Å². The molecule has 2 aliphatic carbocycles. The molecule has 84 valence electrons. The monoisotopic (exact) mass is 213 g/mol. The molecule has 1 nitrogen and oxygen atoms in total. The lowest BCUT2D eigenvalue weighted by Gasteiger charge is -2.53. The van der Waals surface area contributed by atoms with Gasteiger partial charge in [0.2, 0.25) is 0 Å². The lowest BCUT2D eigenvalue weighted by atomic mass is 9.53. The van der Waals surface area contributed by atoms with Crippen molar-refractivity contribution in [2.45, 2.75) is 31.8 Å². The molecule has 1 heteroatoms. The van der Waals surface area contributed by atoms with Crippen LogP contribution >= 0.6 is 0 Å². The summed E-state index contributed by atoms with van der Waals surface area (Å²) in [6.07, 6.45) is 3.01. The third kappa shape index (κ3) is 1.05. The van der Waals surface area contributed by atoms with Gasteiger partial charge in [-0.3, -0.25) is 4.90 Å². The van der Waals surface area contributed by atoms with Gasteiger partial charge >= 0.3 is 0 Å². The van der Waals surface area contributed by atoms with E-state index in [1.165, 1.54) is 24.9 Å². The zero-order valence-corrected chi connectivity index (χ0v) is 9.84. The standard InChI is InChI=1S/C15H19N/c1-10(11-5-3-2-4-6-11)16-9-13-7-12-8-14(16)15(12)13/h2-6,10,12-15H,7-9H2,1H3/t10-,12?,13+,14+,15+/m0/s1. The van der Waals surface area contributed by atoms with Crippen LogP contribution in [0.5, 0.6) is 0 Å². The number of nitrogens with zero attached hydrogens (tertiary/aromatic N) is 1. The van der Waals surface area contributed by atoms with Crippen LogP contribution < -0.4 is 0 Å². The highest BCUT2D eigenvalue weighted by atomic mass is 15.2. The molecule has 2 saturated carbocycles. The van der Waals surface area contributed by atoms with E-state index in [9.17, 15) is 0 Å². The fourth-order valence-electron chi connectivity index (χ4n) is 4.37. The quantitative estimate of drug-likeness (QED) is 0.729. The maximum absolute atomic E-state index is 2.77. The second kappa shape index (κ2) is 3.10. The summed E-state index contributed by atoms with van der Waals surface area (Å²) in [5.74, 6) is 3.25. The van der Waals surface area contributed by atoms with Crippen LogP contribution in [0.3, 0.4) is 0 Å². The van der Waals surface area contributed by atoms with Gasteiger partial charge in [0, 0.05) is 18.6 Å². The predicted molar refractivity (Wildman–Crippen MR) is 65.1 cm³/mol. The zero-order chi connectivity index (χ0) is 10.7. The normalized spacial score (nSPS) is 42.1. The Kier molecular flexibility index (Phi) is 1.79. The fourth-order valence-corrected chi connectivity index (χ4v) is 4.37. The molecule has 1 aromatic carbocycles. The van der Waals surface area contributed by atoms with Crippen LogP contribution in [0.25, 0.3) is 0 Å². The summed E-state index contributed by atoms with van der Waals surface area (Å²) in [4.78, 5) is 2.77. The van der Waals surface area contributed by atoms with Gasteiger partial charge in [0.05, 0.1) is 0 Å². The van der Waals surface area contributed by atoms with Crippen molar-refractivity contribution in [3.63, 3.8) is 0 Å². The highest BCUT2D eigenvalue weighted by Gasteiger charge is 2.61. The minimum atomic E-state index is 0.623. The Morgan fingerprint density at radius 3 is 2.62 bits per heavy atom. The average molecular weight is 213 g/mol. The second-order valence-corrected chi connectivity index (χ2v) is 5.92. The Hall–Kier alpha value is -0.820. The van der Waals surface area contributed by atoms with Gasteiger partial charge in [-0.1, -0.05) is 30.3 Å². The van der Waals surface area contributed by atoms with E-state index in [-0.39, 0.29) is 0 Å². The lowest BCUT2D eigenvalue weighted by molar-refractivity contribution is -0.0304. The van der Waals surface area contributed by atoms with Crippen LogP contribution in [-0.2, 0) is 0 Å². The SMILES string of the molecule is C[C@@H](c1ccccc1)N1C[C@H]2CC3C[C@@H]1[C@H]32. The van der Waals surface area contributed by atoms with Crippen molar-refractivity contribution in [1.29, 1.82) is 0 Å². The molecule has 3 aliphatic rings. The smallest absolute Gasteiger partial charge is 0.0323 e. The van der Waals surface area contributed by atoms with E-state index in [1.54, 1.807) is 0 Å². The van der Waals surface area contributed by atoms with Crippen LogP contribution in [0.4, 0.5) is 0 Å². The Bertz CT molecular complexity index is 399. The van der Waals surface area contributed by atoms with Gasteiger partial charge in [0.1, 0.15) is 0 Å². The minimum Gasteiger partial charge on any atom is -0.293 e. The number of likely N-dealkylation sites (tertiary alicyclic amines) is 1. The molecule has 4 rings (SSSR count). The maximum Gasteiger partial charge on any atom is 0.0323 e. The third-order valence-electron chi connectivity index (χ3n) is 5.33. The van der Waals surface area contributed by atoms with E-state index in [2.05, 4.69) is 42.2 Å². The highest BCUT2D eigenvalue weighted by molar-refractivity contribution is 5.21. The molecule has 1 aromatic rings. The molecule has 1 aliphatic heterocycles. The van der Waals surface area contributed by atoms with E-state index in [0.29, 0.717) is 6.04 Å². The van der Waals surface area contributed by atoms with Crippen molar-refractivity contribution >= 4 is 0 Å². The van der Waals surface area contributed by atoms with Crippen molar-refractivity contribution in [2.24, 2.45) is 17.8 Å². The molecular formula is C15H19N. The number of benzene rings is 1. The van der Waals surface area contributed by atoms with E-state index < -0.39 is 0 Å². The summed E-state index contributed by atoms with van der Waals surface area (Å²) in [5, 5.41) is 0. The van der Waals surface area contributed by atoms with E-state index in [4.69, 9.17) is 0 Å². The molecule has 0 radical (unpaired) electrons. The van der Waals surface area contributed by atoms with Gasteiger partial charge in [0.25, 0.3) is 0 Å². The van der Waals surface area contributed by atoms with Gasteiger partial charge < -0.3 is 0 Å². The van der Waals surface area contributed by atoms with Gasteiger partial charge in [-0.25, -0.2) is 0 Å². The molecule has 5 atom stereocenters. The molecule has 1 unspecified atom stereocenters. The number of hydrogen-bond acceptors (Lipinski definition) is 1. The van der Waals surface area contributed by atoms with Gasteiger partial charge in [0.15, 0.2) is 0 Å². The summed E-state index contributed by atoms with van der Waals surface area (Å²) < 4.78 is 0. The summed E-state index contributed by atoms with van der Waals surface area (Å²) >= 11 is 0. The molecule has 0 spiro atoms. The largest absolute Gasteiger partial charge is 0.293 e. The van der Waals surface area contributed by atoms with Crippen LogP contribution in [0.15, 0.2) is 30.3 Å². The summed E-state index contributed by atoms with van der Waals surface area (Å²) in [5.41, 5.74) is 1.49. The first-order chi connectivity index (χ1) is 7.84. The van der Waals surface area contributed by atoms with Crippen molar-refractivity contribution in [3.8, 4) is 0 Å². The minimum absolute atomic E-state index is 0.623. The molecule has 3 fully saturated rings. The van der Waals surface area contributed by atoms with Crippen molar-refractivity contribution in [3.05, 3.63) is 35.9 Å². The Labute approximate surface area is 97.5 Å². The van der Waals surface area contributed by atoms with Crippen molar-refractivity contribution in [2.75, 3.05) is 6.54 Å². The van der Waals surface area contributed by atoms with E-state index >= 15 is 0 Å². The molecule has 1 saturated heterocycles. The first-order valence-electron chi connectivity index (χ1n) is 6.65.